The number of fused-ring (bicyclic) bond motifs is 2. The van der Waals surface area contributed by atoms with Gasteiger partial charge in [0.1, 0.15) is 6.54 Å². The minimum atomic E-state index is -0.609. The number of hydrogen-bond donors (Lipinski definition) is 1. The third kappa shape index (κ3) is 4.18. The van der Waals surface area contributed by atoms with Gasteiger partial charge < -0.3 is 10.6 Å². The van der Waals surface area contributed by atoms with Gasteiger partial charge in [-0.15, -0.1) is 0 Å². The van der Waals surface area contributed by atoms with Gasteiger partial charge in [-0.25, -0.2) is 0 Å². The first-order chi connectivity index (χ1) is 15.6. The largest absolute Gasteiger partial charge is 0.364 e. The Morgan fingerprint density at radius 1 is 1.21 bits per heavy atom. The number of Topliss-reactive ketones (excluding diaryl/α,β-unsaturated/α-hetero) is 1. The summed E-state index contributed by atoms with van der Waals surface area (Å²) in [7, 11) is 0. The quantitative estimate of drug-likeness (QED) is 0.727. The maximum Gasteiger partial charge on any atom is 0.269 e. The number of nitrogens with two attached hydrogens (primary N) is 1. The zero-order valence-corrected chi connectivity index (χ0v) is 19.8. The number of benzene rings is 1. The van der Waals surface area contributed by atoms with E-state index in [0.29, 0.717) is 29.1 Å². The summed E-state index contributed by atoms with van der Waals surface area (Å²) in [5.74, 6) is 0.387. The Morgan fingerprint density at radius 3 is 2.73 bits per heavy atom. The molecule has 0 bridgehead atoms. The van der Waals surface area contributed by atoms with Crippen LogP contribution in [-0.2, 0) is 16.1 Å². The summed E-state index contributed by atoms with van der Waals surface area (Å²) in [5.41, 5.74) is 7.74. The lowest BCUT2D eigenvalue weighted by Crippen LogP contribution is -2.45. The minimum absolute atomic E-state index is 0.0106. The zero-order chi connectivity index (χ0) is 23.5. The van der Waals surface area contributed by atoms with Crippen molar-refractivity contribution < 1.29 is 14.4 Å². The summed E-state index contributed by atoms with van der Waals surface area (Å²) >= 11 is 0. The standard InChI is InChI=1S/C26H34N4O3/c1-15-6-7-18-20(9-15)29(28-24(18)25(27)33)14-23(32)30-19-11-17(19)12-21(30)22(31)10-16-5-4-8-26(2,3)13-16/h6-7,9,16-17,19,21H,4-5,8,10-14H2,1-3H3,(H2,27,33)/t16-,17+,19+,21-/m0/s1. The summed E-state index contributed by atoms with van der Waals surface area (Å²) in [6, 6.07) is 5.50. The summed E-state index contributed by atoms with van der Waals surface area (Å²) in [6.07, 6.45) is 6.94. The highest BCUT2D eigenvalue weighted by atomic mass is 16.2. The smallest absolute Gasteiger partial charge is 0.269 e. The van der Waals surface area contributed by atoms with Crippen molar-refractivity contribution in [2.75, 3.05) is 0 Å². The Balaban J connectivity index is 1.34. The number of aryl methyl sites for hydroxylation is 1. The molecule has 0 unspecified atom stereocenters. The van der Waals surface area contributed by atoms with Crippen LogP contribution in [0.15, 0.2) is 18.2 Å². The molecule has 2 aliphatic carbocycles. The van der Waals surface area contributed by atoms with Crippen LogP contribution in [0.1, 0.15) is 74.8 Å². The lowest BCUT2D eigenvalue weighted by atomic mass is 9.70. The second kappa shape index (κ2) is 7.96. The molecule has 1 saturated heterocycles. The van der Waals surface area contributed by atoms with Crippen LogP contribution in [0, 0.1) is 24.2 Å². The van der Waals surface area contributed by atoms with E-state index in [-0.39, 0.29) is 36.0 Å². The molecule has 2 N–H and O–H groups in total. The van der Waals surface area contributed by atoms with Crippen LogP contribution in [0.3, 0.4) is 0 Å². The molecule has 33 heavy (non-hydrogen) atoms. The van der Waals surface area contributed by atoms with Gasteiger partial charge in [0, 0.05) is 17.8 Å². The van der Waals surface area contributed by atoms with Crippen LogP contribution in [-0.4, -0.2) is 44.4 Å². The Labute approximate surface area is 194 Å². The van der Waals surface area contributed by atoms with E-state index in [1.165, 1.54) is 12.8 Å². The van der Waals surface area contributed by atoms with Crippen molar-refractivity contribution >= 4 is 28.5 Å². The summed E-state index contributed by atoms with van der Waals surface area (Å²) in [4.78, 5) is 40.5. The van der Waals surface area contributed by atoms with Crippen LogP contribution in [0.25, 0.3) is 10.9 Å². The van der Waals surface area contributed by atoms with Crippen molar-refractivity contribution in [3.05, 3.63) is 29.5 Å². The Kier molecular flexibility index (Phi) is 5.33. The molecule has 2 heterocycles. The van der Waals surface area contributed by atoms with E-state index in [1.54, 1.807) is 4.68 Å². The summed E-state index contributed by atoms with van der Waals surface area (Å²) in [5, 5.41) is 5.02. The molecule has 1 aromatic carbocycles. The molecule has 2 saturated carbocycles. The van der Waals surface area contributed by atoms with E-state index in [9.17, 15) is 14.4 Å². The molecule has 1 aromatic heterocycles. The molecule has 0 radical (unpaired) electrons. The Morgan fingerprint density at radius 2 is 2.00 bits per heavy atom. The zero-order valence-electron chi connectivity index (χ0n) is 19.8. The second-order valence-corrected chi connectivity index (χ2v) is 11.3. The average molecular weight is 451 g/mol. The molecule has 7 heteroatoms. The van der Waals surface area contributed by atoms with E-state index >= 15 is 0 Å². The summed E-state index contributed by atoms with van der Waals surface area (Å²) < 4.78 is 1.58. The first-order valence-corrected chi connectivity index (χ1v) is 12.2. The highest BCUT2D eigenvalue weighted by molar-refractivity contribution is 6.04. The van der Waals surface area contributed by atoms with Gasteiger partial charge in [0.2, 0.25) is 5.91 Å². The SMILES string of the molecule is Cc1ccc2c(C(N)=O)nn(CC(=O)N3[C@@H]4C[C@@H]4C[C@H]3C(=O)C[C@@H]3CCCC(C)(C)C3)c2c1. The maximum atomic E-state index is 13.5. The first kappa shape index (κ1) is 22.1. The molecule has 5 rings (SSSR count). The fraction of sp³-hybridized carbons (Fsp3) is 0.615. The van der Waals surface area contributed by atoms with E-state index in [4.69, 9.17) is 5.73 Å². The number of nitrogens with zero attached hydrogens (tertiary/aromatic N) is 3. The molecule has 3 fully saturated rings. The van der Waals surface area contributed by atoms with E-state index in [1.807, 2.05) is 30.0 Å². The van der Waals surface area contributed by atoms with Gasteiger partial charge in [0.05, 0.1) is 11.6 Å². The van der Waals surface area contributed by atoms with Crippen LogP contribution in [0.2, 0.25) is 0 Å². The number of carbonyl (C=O) groups excluding carboxylic acids is 3. The predicted molar refractivity (Wildman–Crippen MR) is 125 cm³/mol. The number of rotatable bonds is 6. The van der Waals surface area contributed by atoms with Crippen molar-refractivity contribution in [2.45, 2.75) is 84.3 Å². The fourth-order valence-corrected chi connectivity index (χ4v) is 6.35. The lowest BCUT2D eigenvalue weighted by Gasteiger charge is -2.36. The highest BCUT2D eigenvalue weighted by Gasteiger charge is 2.55. The number of amides is 2. The molecular formula is C26H34N4O3. The minimum Gasteiger partial charge on any atom is -0.364 e. The number of primary amides is 1. The van der Waals surface area contributed by atoms with E-state index < -0.39 is 5.91 Å². The van der Waals surface area contributed by atoms with Crippen molar-refractivity contribution in [3.63, 3.8) is 0 Å². The molecule has 2 amide bonds. The number of ketones is 1. The van der Waals surface area contributed by atoms with Gasteiger partial charge in [0.25, 0.3) is 5.91 Å². The van der Waals surface area contributed by atoms with Gasteiger partial charge in [-0.2, -0.15) is 5.10 Å². The molecule has 3 aliphatic rings. The van der Waals surface area contributed by atoms with Crippen molar-refractivity contribution in [1.82, 2.24) is 14.7 Å². The highest BCUT2D eigenvalue weighted by Crippen LogP contribution is 2.49. The van der Waals surface area contributed by atoms with Crippen molar-refractivity contribution in [3.8, 4) is 0 Å². The van der Waals surface area contributed by atoms with Crippen molar-refractivity contribution in [1.29, 1.82) is 0 Å². The summed E-state index contributed by atoms with van der Waals surface area (Å²) in [6.45, 7) is 6.55. The topological polar surface area (TPSA) is 98.3 Å². The van der Waals surface area contributed by atoms with E-state index in [2.05, 4.69) is 18.9 Å². The third-order valence-electron chi connectivity index (χ3n) is 7.99. The molecule has 4 atom stereocenters. The van der Waals surface area contributed by atoms with Gasteiger partial charge in [0.15, 0.2) is 11.5 Å². The average Bonchev–Trinajstić information content (AvgIpc) is 3.24. The van der Waals surface area contributed by atoms with Gasteiger partial charge >= 0.3 is 0 Å². The number of likely N-dealkylation sites (tertiary alicyclic amines) is 1. The second-order valence-electron chi connectivity index (χ2n) is 11.3. The predicted octanol–water partition coefficient (Wildman–Crippen LogP) is 3.61. The molecule has 7 nitrogen and oxygen atoms in total. The van der Waals surface area contributed by atoms with Crippen LogP contribution in [0.4, 0.5) is 0 Å². The van der Waals surface area contributed by atoms with Gasteiger partial charge in [-0.05, 0) is 67.9 Å². The van der Waals surface area contributed by atoms with Gasteiger partial charge in [-0.1, -0.05) is 32.4 Å². The maximum absolute atomic E-state index is 13.5. The normalized spacial score (nSPS) is 28.0. The number of piperidine rings is 1. The number of hydrogen-bond acceptors (Lipinski definition) is 4. The van der Waals surface area contributed by atoms with Crippen LogP contribution >= 0.6 is 0 Å². The molecular weight excluding hydrogens is 416 g/mol. The number of carbonyl (C=O) groups is 3. The van der Waals surface area contributed by atoms with Crippen LogP contribution < -0.4 is 5.73 Å². The van der Waals surface area contributed by atoms with E-state index in [0.717, 1.165) is 36.8 Å². The van der Waals surface area contributed by atoms with Gasteiger partial charge in [-0.3, -0.25) is 19.1 Å². The lowest BCUT2D eigenvalue weighted by molar-refractivity contribution is -0.140. The van der Waals surface area contributed by atoms with Crippen molar-refractivity contribution in [2.24, 2.45) is 23.0 Å². The Bertz CT molecular complexity index is 1130. The third-order valence-corrected chi connectivity index (χ3v) is 7.99. The molecule has 1 aliphatic heterocycles. The van der Waals surface area contributed by atoms with Crippen LogP contribution in [0.5, 0.6) is 0 Å². The number of aromatic nitrogens is 2. The molecule has 176 valence electrons. The molecule has 0 spiro atoms. The molecule has 2 aromatic rings. The Hall–Kier alpha value is -2.70. The fourth-order valence-electron chi connectivity index (χ4n) is 6.35. The first-order valence-electron chi connectivity index (χ1n) is 12.2. The monoisotopic (exact) mass is 450 g/mol.